The molecule has 0 spiro atoms. The third kappa shape index (κ3) is 4.13. The van der Waals surface area contributed by atoms with Gasteiger partial charge in [-0.05, 0) is 43.3 Å². The van der Waals surface area contributed by atoms with Crippen LogP contribution in [0.15, 0.2) is 42.5 Å². The van der Waals surface area contributed by atoms with Crippen LogP contribution < -0.4 is 10.1 Å². The lowest BCUT2D eigenvalue weighted by molar-refractivity contribution is -0.142. The number of benzene rings is 1. The monoisotopic (exact) mass is 444 g/mol. The van der Waals surface area contributed by atoms with Crippen LogP contribution in [0.1, 0.15) is 27.6 Å². The molecule has 0 atom stereocenters. The number of hydrogen-bond acceptors (Lipinski definition) is 5. The van der Waals surface area contributed by atoms with Gasteiger partial charge in [0.25, 0.3) is 5.91 Å². The van der Waals surface area contributed by atoms with Crippen LogP contribution in [0.3, 0.4) is 0 Å². The van der Waals surface area contributed by atoms with Crippen molar-refractivity contribution in [3.63, 3.8) is 0 Å². The zero-order valence-corrected chi connectivity index (χ0v) is 17.4. The summed E-state index contributed by atoms with van der Waals surface area (Å²) in [6.07, 6.45) is -4.70. The van der Waals surface area contributed by atoms with E-state index in [0.717, 1.165) is 11.8 Å². The summed E-state index contributed by atoms with van der Waals surface area (Å²) in [4.78, 5) is 16.8. The molecule has 0 aliphatic rings. The topological polar surface area (TPSA) is 86.3 Å². The summed E-state index contributed by atoms with van der Waals surface area (Å²) in [5.74, 6) is -0.0600. The number of hydrogen-bond donors (Lipinski definition) is 1. The maximum Gasteiger partial charge on any atom is 0.433 e. The van der Waals surface area contributed by atoms with E-state index in [-0.39, 0.29) is 23.6 Å². The first-order chi connectivity index (χ1) is 15.2. The predicted octanol–water partition coefficient (Wildman–Crippen LogP) is 3.40. The first-order valence-corrected chi connectivity index (χ1v) is 9.56. The minimum absolute atomic E-state index is 0.0931. The van der Waals surface area contributed by atoms with E-state index in [0.29, 0.717) is 21.5 Å². The second kappa shape index (κ2) is 7.98. The van der Waals surface area contributed by atoms with Crippen molar-refractivity contribution in [2.45, 2.75) is 19.6 Å². The van der Waals surface area contributed by atoms with E-state index in [1.165, 1.54) is 13.2 Å². The normalized spacial score (nSPS) is 11.7. The number of alkyl halides is 3. The van der Waals surface area contributed by atoms with Crippen LogP contribution in [-0.4, -0.2) is 37.4 Å². The summed E-state index contributed by atoms with van der Waals surface area (Å²) >= 11 is 0. The largest absolute Gasteiger partial charge is 0.497 e. The molecule has 3 heterocycles. The van der Waals surface area contributed by atoms with Gasteiger partial charge in [-0.1, -0.05) is 0 Å². The fourth-order valence-electron chi connectivity index (χ4n) is 3.18. The number of ether oxygens (including phenoxy) is 1. The highest BCUT2D eigenvalue weighted by molar-refractivity contribution is 5.93. The number of carbonyl (C=O) groups excluding carboxylic acids is 1. The highest BCUT2D eigenvalue weighted by atomic mass is 19.4. The van der Waals surface area contributed by atoms with Crippen molar-refractivity contribution in [3.8, 4) is 17.0 Å². The molecule has 4 aromatic rings. The molecule has 8 nitrogen and oxygen atoms in total. The van der Waals surface area contributed by atoms with Gasteiger partial charge in [0.05, 0.1) is 25.0 Å². The number of halogens is 3. The number of aromatic nitrogens is 5. The van der Waals surface area contributed by atoms with Crippen LogP contribution in [0.4, 0.5) is 13.2 Å². The molecule has 0 fully saturated rings. The van der Waals surface area contributed by atoms with Crippen molar-refractivity contribution in [1.82, 2.24) is 29.7 Å². The molecule has 0 aliphatic heterocycles. The van der Waals surface area contributed by atoms with Crippen LogP contribution in [0.2, 0.25) is 0 Å². The van der Waals surface area contributed by atoms with Gasteiger partial charge in [0.15, 0.2) is 17.0 Å². The minimum atomic E-state index is -4.70. The average molecular weight is 444 g/mol. The van der Waals surface area contributed by atoms with Crippen molar-refractivity contribution in [2.24, 2.45) is 7.05 Å². The van der Waals surface area contributed by atoms with E-state index < -0.39 is 17.8 Å². The van der Waals surface area contributed by atoms with Crippen molar-refractivity contribution in [3.05, 3.63) is 65.2 Å². The molecule has 0 saturated carbocycles. The number of rotatable bonds is 5. The Balaban J connectivity index is 1.68. The molecule has 166 valence electrons. The first-order valence-electron chi connectivity index (χ1n) is 9.56. The fourth-order valence-corrected chi connectivity index (χ4v) is 3.18. The zero-order chi connectivity index (χ0) is 23.0. The Bertz CT molecular complexity index is 1270. The number of aryl methyl sites for hydroxylation is 2. The van der Waals surface area contributed by atoms with Crippen LogP contribution in [0.5, 0.6) is 5.75 Å². The second-order valence-electron chi connectivity index (χ2n) is 7.14. The smallest absolute Gasteiger partial charge is 0.433 e. The molecule has 0 aliphatic carbocycles. The number of nitrogens with zero attached hydrogens (tertiary/aromatic N) is 5. The molecule has 0 bridgehead atoms. The van der Waals surface area contributed by atoms with Gasteiger partial charge in [0.2, 0.25) is 0 Å². The third-order valence-corrected chi connectivity index (χ3v) is 4.93. The summed E-state index contributed by atoms with van der Waals surface area (Å²) in [5.41, 5.74) is 0.796. The Morgan fingerprint density at radius 3 is 2.44 bits per heavy atom. The van der Waals surface area contributed by atoms with Crippen molar-refractivity contribution in [2.75, 3.05) is 7.11 Å². The maximum absolute atomic E-state index is 13.7. The predicted molar refractivity (Wildman–Crippen MR) is 109 cm³/mol. The molecule has 32 heavy (non-hydrogen) atoms. The van der Waals surface area contributed by atoms with Gasteiger partial charge in [-0.3, -0.25) is 9.48 Å². The van der Waals surface area contributed by atoms with E-state index in [9.17, 15) is 18.0 Å². The first kappa shape index (κ1) is 21.3. The lowest BCUT2D eigenvalue weighted by Crippen LogP contribution is -2.23. The molecule has 0 saturated heterocycles. The SMILES string of the molecule is COc1ccc(-c2cc(C(F)(F)F)n3nc(C(=O)NCc4cc(C)n(C)n4)cc3n2)cc1. The average Bonchev–Trinajstić information content (AvgIpc) is 3.33. The van der Waals surface area contributed by atoms with Gasteiger partial charge in [0, 0.05) is 24.4 Å². The molecule has 1 N–H and O–H groups in total. The van der Waals surface area contributed by atoms with Crippen LogP contribution in [-0.2, 0) is 19.8 Å². The number of nitrogens with one attached hydrogen (secondary N) is 1. The maximum atomic E-state index is 13.7. The fraction of sp³-hybridized carbons (Fsp3) is 0.238. The van der Waals surface area contributed by atoms with E-state index >= 15 is 0 Å². The van der Waals surface area contributed by atoms with Crippen molar-refractivity contribution in [1.29, 1.82) is 0 Å². The van der Waals surface area contributed by atoms with E-state index in [4.69, 9.17) is 4.74 Å². The van der Waals surface area contributed by atoms with Gasteiger partial charge in [-0.15, -0.1) is 0 Å². The number of carbonyl (C=O) groups is 1. The summed E-state index contributed by atoms with van der Waals surface area (Å²) < 4.78 is 48.6. The van der Waals surface area contributed by atoms with Crippen LogP contribution in [0, 0.1) is 6.92 Å². The minimum Gasteiger partial charge on any atom is -0.497 e. The summed E-state index contributed by atoms with van der Waals surface area (Å²) in [7, 11) is 3.27. The molecule has 4 rings (SSSR count). The number of fused-ring (bicyclic) bond motifs is 1. The van der Waals surface area contributed by atoms with Gasteiger partial charge in [-0.25, -0.2) is 9.50 Å². The molecule has 11 heteroatoms. The molecule has 3 aromatic heterocycles. The van der Waals surface area contributed by atoms with Crippen molar-refractivity contribution < 1.29 is 22.7 Å². The molecule has 0 unspecified atom stereocenters. The third-order valence-electron chi connectivity index (χ3n) is 4.93. The molecule has 1 amide bonds. The lowest BCUT2D eigenvalue weighted by atomic mass is 10.1. The van der Waals surface area contributed by atoms with E-state index in [1.54, 1.807) is 42.1 Å². The Morgan fingerprint density at radius 2 is 1.84 bits per heavy atom. The Labute approximate surface area is 180 Å². The zero-order valence-electron chi connectivity index (χ0n) is 17.4. The molecular weight excluding hydrogens is 425 g/mol. The van der Waals surface area contributed by atoms with Gasteiger partial charge in [0.1, 0.15) is 5.75 Å². The number of amides is 1. The summed E-state index contributed by atoms with van der Waals surface area (Å²) in [6.45, 7) is 1.98. The summed E-state index contributed by atoms with van der Waals surface area (Å²) in [5, 5.41) is 10.7. The lowest BCUT2D eigenvalue weighted by Gasteiger charge is -2.11. The summed E-state index contributed by atoms with van der Waals surface area (Å²) in [6, 6.07) is 10.4. The van der Waals surface area contributed by atoms with Crippen molar-refractivity contribution >= 4 is 11.6 Å². The van der Waals surface area contributed by atoms with Gasteiger partial charge >= 0.3 is 6.18 Å². The highest BCUT2D eigenvalue weighted by Crippen LogP contribution is 2.32. The van der Waals surface area contributed by atoms with E-state index in [1.807, 2.05) is 6.92 Å². The van der Waals surface area contributed by atoms with Crippen LogP contribution in [0.25, 0.3) is 16.9 Å². The highest BCUT2D eigenvalue weighted by Gasteiger charge is 2.35. The van der Waals surface area contributed by atoms with E-state index in [2.05, 4.69) is 20.5 Å². The Kier molecular flexibility index (Phi) is 5.33. The standard InChI is InChI=1S/C21H19F3N6O2/c1-12-8-14(27-29(12)2)11-25-20(31)17-10-19-26-16(13-4-6-15(32-3)7-5-13)9-18(21(22,23)24)30(19)28-17/h4-10H,11H2,1-3H3,(H,25,31). The molecule has 0 radical (unpaired) electrons. The second-order valence-corrected chi connectivity index (χ2v) is 7.14. The number of methoxy groups -OCH3 is 1. The Morgan fingerprint density at radius 1 is 1.12 bits per heavy atom. The molecule has 1 aromatic carbocycles. The Hall–Kier alpha value is -3.89. The van der Waals surface area contributed by atoms with Gasteiger partial charge < -0.3 is 10.1 Å². The molecular formula is C21H19F3N6O2. The van der Waals surface area contributed by atoms with Crippen LogP contribution >= 0.6 is 0 Å². The van der Waals surface area contributed by atoms with Gasteiger partial charge in [-0.2, -0.15) is 23.4 Å². The quantitative estimate of drug-likeness (QED) is 0.510.